The highest BCUT2D eigenvalue weighted by molar-refractivity contribution is 7.99. The fraction of sp³-hybridized carbons (Fsp3) is 0.455. The quantitative estimate of drug-likeness (QED) is 0.661. The van der Waals surface area contributed by atoms with Crippen LogP contribution >= 0.6 is 11.8 Å². The summed E-state index contributed by atoms with van der Waals surface area (Å²) in [6.45, 7) is 6.08. The lowest BCUT2D eigenvalue weighted by atomic mass is 10.2. The van der Waals surface area contributed by atoms with Crippen LogP contribution in [-0.4, -0.2) is 5.25 Å². The molecule has 0 nitrogen and oxygen atoms in total. The molecule has 0 amide bonds. The molecule has 0 aliphatic heterocycles. The fourth-order valence-corrected chi connectivity index (χ4v) is 1.91. The van der Waals surface area contributed by atoms with Crippen molar-refractivity contribution >= 4 is 11.8 Å². The van der Waals surface area contributed by atoms with E-state index in [4.69, 9.17) is 0 Å². The van der Waals surface area contributed by atoms with Gasteiger partial charge in [-0.3, -0.25) is 0 Å². The first kappa shape index (κ1) is 10.6. The van der Waals surface area contributed by atoms with Gasteiger partial charge < -0.3 is 0 Å². The van der Waals surface area contributed by atoms with Crippen LogP contribution in [0.5, 0.6) is 0 Å². The molecule has 1 atom stereocenters. The summed E-state index contributed by atoms with van der Waals surface area (Å²) < 4.78 is 13.1. The summed E-state index contributed by atoms with van der Waals surface area (Å²) in [5, 5.41) is 0.558. The number of benzene rings is 1. The van der Waals surface area contributed by atoms with Crippen LogP contribution in [-0.2, 0) is 0 Å². The maximum Gasteiger partial charge on any atom is 0.127 e. The normalized spacial score (nSPS) is 12.9. The predicted molar refractivity (Wildman–Crippen MR) is 56.7 cm³/mol. The fourth-order valence-electron chi connectivity index (χ4n) is 0.963. The van der Waals surface area contributed by atoms with E-state index in [-0.39, 0.29) is 5.82 Å². The number of hydrogen-bond donors (Lipinski definition) is 0. The van der Waals surface area contributed by atoms with Crippen LogP contribution in [0.1, 0.15) is 25.8 Å². The molecule has 0 spiro atoms. The van der Waals surface area contributed by atoms with E-state index < -0.39 is 0 Å². The first-order valence-electron chi connectivity index (χ1n) is 4.56. The molecule has 0 heterocycles. The van der Waals surface area contributed by atoms with Gasteiger partial charge in [-0.1, -0.05) is 19.9 Å². The Hall–Kier alpha value is -0.500. The monoisotopic (exact) mass is 198 g/mol. The number of rotatable bonds is 3. The average Bonchev–Trinajstić information content (AvgIpc) is 2.11. The van der Waals surface area contributed by atoms with Crippen LogP contribution in [0.25, 0.3) is 0 Å². The summed E-state index contributed by atoms with van der Waals surface area (Å²) in [4.78, 5) is 1.03. The maximum atomic E-state index is 13.1. The molecule has 1 aromatic rings. The van der Waals surface area contributed by atoms with Crippen LogP contribution in [0, 0.1) is 12.7 Å². The zero-order chi connectivity index (χ0) is 9.84. The third kappa shape index (κ3) is 3.03. The largest absolute Gasteiger partial charge is 0.207 e. The smallest absolute Gasteiger partial charge is 0.127 e. The van der Waals surface area contributed by atoms with E-state index in [1.165, 1.54) is 0 Å². The minimum Gasteiger partial charge on any atom is -0.207 e. The number of hydrogen-bond acceptors (Lipinski definition) is 1. The maximum absolute atomic E-state index is 13.1. The van der Waals surface area contributed by atoms with Crippen LogP contribution in [0.2, 0.25) is 0 Å². The molecule has 1 rings (SSSR count). The van der Waals surface area contributed by atoms with Gasteiger partial charge in [0.1, 0.15) is 5.82 Å². The lowest BCUT2D eigenvalue weighted by molar-refractivity contribution is 0.615. The molecule has 0 saturated heterocycles. The van der Waals surface area contributed by atoms with Crippen LogP contribution in [0.3, 0.4) is 0 Å². The Kier molecular flexibility index (Phi) is 3.79. The van der Waals surface area contributed by atoms with Gasteiger partial charge in [0.15, 0.2) is 0 Å². The second-order valence-electron chi connectivity index (χ2n) is 3.25. The van der Waals surface area contributed by atoms with Gasteiger partial charge in [-0.05, 0) is 31.0 Å². The van der Waals surface area contributed by atoms with Gasteiger partial charge in [-0.15, -0.1) is 11.8 Å². The summed E-state index contributed by atoms with van der Waals surface area (Å²) in [6.07, 6.45) is 1.11. The first-order valence-corrected chi connectivity index (χ1v) is 5.44. The Balaban J connectivity index is 2.73. The van der Waals surface area contributed by atoms with Crippen molar-refractivity contribution < 1.29 is 4.39 Å². The molecule has 1 unspecified atom stereocenters. The minimum atomic E-state index is -0.103. The second kappa shape index (κ2) is 4.66. The number of thioether (sulfide) groups is 1. The topological polar surface area (TPSA) is 0 Å². The Bertz CT molecular complexity index is 283. The zero-order valence-electron chi connectivity index (χ0n) is 8.30. The lowest BCUT2D eigenvalue weighted by Crippen LogP contribution is -1.92. The van der Waals surface area contributed by atoms with Crippen molar-refractivity contribution in [1.29, 1.82) is 0 Å². The predicted octanol–water partition coefficient (Wildman–Crippen LogP) is 4.02. The second-order valence-corrected chi connectivity index (χ2v) is 4.76. The van der Waals surface area contributed by atoms with Crippen molar-refractivity contribution in [3.05, 3.63) is 29.6 Å². The van der Waals surface area contributed by atoms with Crippen molar-refractivity contribution in [1.82, 2.24) is 0 Å². The zero-order valence-corrected chi connectivity index (χ0v) is 9.12. The third-order valence-electron chi connectivity index (χ3n) is 2.06. The van der Waals surface area contributed by atoms with E-state index in [0.29, 0.717) is 10.8 Å². The van der Waals surface area contributed by atoms with E-state index in [0.717, 1.165) is 11.3 Å². The Morgan fingerprint density at radius 2 is 2.15 bits per heavy atom. The number of aryl methyl sites for hydroxylation is 1. The highest BCUT2D eigenvalue weighted by Gasteiger charge is 2.03. The van der Waals surface area contributed by atoms with Crippen LogP contribution in [0.15, 0.2) is 23.1 Å². The van der Waals surface area contributed by atoms with Crippen molar-refractivity contribution in [2.24, 2.45) is 0 Å². The molecule has 0 fully saturated rings. The molecular weight excluding hydrogens is 183 g/mol. The first-order chi connectivity index (χ1) is 6.13. The van der Waals surface area contributed by atoms with Gasteiger partial charge in [-0.25, -0.2) is 4.39 Å². The van der Waals surface area contributed by atoms with E-state index in [9.17, 15) is 4.39 Å². The summed E-state index contributed by atoms with van der Waals surface area (Å²) in [5.41, 5.74) is 0.716. The molecule has 0 bridgehead atoms. The molecule has 13 heavy (non-hydrogen) atoms. The van der Waals surface area contributed by atoms with E-state index >= 15 is 0 Å². The summed E-state index contributed by atoms with van der Waals surface area (Å²) in [6, 6.07) is 5.43. The Labute approximate surface area is 83.5 Å². The van der Waals surface area contributed by atoms with Crippen molar-refractivity contribution in [2.45, 2.75) is 37.3 Å². The summed E-state index contributed by atoms with van der Waals surface area (Å²) >= 11 is 1.73. The van der Waals surface area contributed by atoms with Gasteiger partial charge in [0.2, 0.25) is 0 Å². The van der Waals surface area contributed by atoms with Gasteiger partial charge in [0.25, 0.3) is 0 Å². The molecule has 72 valence electrons. The molecule has 0 aromatic heterocycles. The van der Waals surface area contributed by atoms with Gasteiger partial charge >= 0.3 is 0 Å². The molecule has 0 radical (unpaired) electrons. The van der Waals surface area contributed by atoms with Crippen molar-refractivity contribution in [3.8, 4) is 0 Å². The van der Waals surface area contributed by atoms with E-state index in [1.807, 2.05) is 12.1 Å². The Morgan fingerprint density at radius 1 is 1.46 bits per heavy atom. The van der Waals surface area contributed by atoms with Crippen molar-refractivity contribution in [3.63, 3.8) is 0 Å². The molecule has 1 aromatic carbocycles. The molecule has 0 saturated carbocycles. The van der Waals surface area contributed by atoms with E-state index in [1.54, 1.807) is 24.8 Å². The highest BCUT2D eigenvalue weighted by Crippen LogP contribution is 2.26. The molecule has 0 N–H and O–H groups in total. The highest BCUT2D eigenvalue weighted by atomic mass is 32.2. The minimum absolute atomic E-state index is 0.103. The summed E-state index contributed by atoms with van der Waals surface area (Å²) in [5.74, 6) is -0.103. The average molecular weight is 198 g/mol. The number of halogens is 1. The molecular formula is C11H15FS. The SMILES string of the molecule is CCC(C)Sc1ccc(C)c(F)c1. The van der Waals surface area contributed by atoms with Crippen LogP contribution < -0.4 is 0 Å². The lowest BCUT2D eigenvalue weighted by Gasteiger charge is -2.08. The molecule has 0 aliphatic carbocycles. The molecule has 2 heteroatoms. The third-order valence-corrected chi connectivity index (χ3v) is 3.32. The van der Waals surface area contributed by atoms with Crippen LogP contribution in [0.4, 0.5) is 4.39 Å². The van der Waals surface area contributed by atoms with Gasteiger partial charge in [-0.2, -0.15) is 0 Å². The van der Waals surface area contributed by atoms with Gasteiger partial charge in [0.05, 0.1) is 0 Å². The van der Waals surface area contributed by atoms with E-state index in [2.05, 4.69) is 13.8 Å². The standard InChI is InChI=1S/C11H15FS/c1-4-9(3)13-10-6-5-8(2)11(12)7-10/h5-7,9H,4H2,1-3H3. The molecule has 0 aliphatic rings. The van der Waals surface area contributed by atoms with Crippen molar-refractivity contribution in [2.75, 3.05) is 0 Å². The van der Waals surface area contributed by atoms with Gasteiger partial charge in [0, 0.05) is 10.1 Å². The summed E-state index contributed by atoms with van der Waals surface area (Å²) in [7, 11) is 0. The Morgan fingerprint density at radius 3 is 2.69 bits per heavy atom.